The van der Waals surface area contributed by atoms with Gasteiger partial charge in [0.1, 0.15) is 11.6 Å². The third-order valence-corrected chi connectivity index (χ3v) is 10.4. The zero-order valence-electron chi connectivity index (χ0n) is 30.0. The first-order chi connectivity index (χ1) is 25.2. The van der Waals surface area contributed by atoms with E-state index in [1.807, 2.05) is 24.3 Å². The monoisotopic (exact) mass is 681 g/mol. The molecule has 8 aromatic carbocycles. The van der Waals surface area contributed by atoms with Crippen molar-refractivity contribution >= 4 is 61.0 Å². The van der Waals surface area contributed by atoms with Crippen LogP contribution < -0.4 is 4.90 Å². The van der Waals surface area contributed by atoms with Crippen molar-refractivity contribution in [3.05, 3.63) is 185 Å². The van der Waals surface area contributed by atoms with Gasteiger partial charge in [-0.25, -0.2) is 8.78 Å². The number of allylic oxidation sites excluding steroid dienone is 1. The van der Waals surface area contributed by atoms with E-state index in [0.29, 0.717) is 11.8 Å². The van der Waals surface area contributed by atoms with Crippen LogP contribution in [-0.2, 0) is 6.42 Å². The molecule has 0 heterocycles. The summed E-state index contributed by atoms with van der Waals surface area (Å²) in [7, 11) is 0. The number of hydrogen-bond acceptors (Lipinski definition) is 1. The summed E-state index contributed by atoms with van der Waals surface area (Å²) >= 11 is 0. The van der Waals surface area contributed by atoms with E-state index < -0.39 is 0 Å². The molecule has 0 spiro atoms. The molecule has 1 nitrogen and oxygen atoms in total. The van der Waals surface area contributed by atoms with Crippen molar-refractivity contribution in [2.24, 2.45) is 0 Å². The molecule has 0 radical (unpaired) electrons. The Labute approximate surface area is 304 Å². The maximum Gasteiger partial charge on any atom is 0.123 e. The molecule has 0 amide bonds. The quantitative estimate of drug-likeness (QED) is 0.108. The number of halogens is 2. The molecule has 8 aromatic rings. The molecule has 0 aliphatic heterocycles. The molecule has 0 fully saturated rings. The fraction of sp³-hybridized carbons (Fsp3) is 0.143. The Kier molecular flexibility index (Phi) is 8.80. The molecule has 0 saturated carbocycles. The van der Waals surface area contributed by atoms with Gasteiger partial charge in [0, 0.05) is 16.8 Å². The highest BCUT2D eigenvalue weighted by atomic mass is 19.1. The van der Waals surface area contributed by atoms with Gasteiger partial charge in [-0.15, -0.1) is 0 Å². The minimum atomic E-state index is -0.262. The number of anilines is 3. The lowest BCUT2D eigenvalue weighted by Crippen LogP contribution is -2.11. The Bertz CT molecular complexity index is 2530. The van der Waals surface area contributed by atoms with Crippen LogP contribution in [0.2, 0.25) is 0 Å². The SMILES string of the molecule is CC(C)c1ccc(C/C(=C/c2ccc3ccc4c(N(c5ccc(F)cc5)c5ccc(C(C)C)cc5)ccc5ccc2c3c54)c2ccc(F)cc2)cc1. The van der Waals surface area contributed by atoms with E-state index in [9.17, 15) is 8.78 Å². The molecule has 0 unspecified atom stereocenters. The second kappa shape index (κ2) is 13.7. The second-order valence-electron chi connectivity index (χ2n) is 14.5. The topological polar surface area (TPSA) is 3.24 Å². The van der Waals surface area contributed by atoms with Crippen molar-refractivity contribution < 1.29 is 8.78 Å². The number of rotatable bonds is 9. The zero-order chi connectivity index (χ0) is 35.9. The Morgan fingerprint density at radius 2 is 1.00 bits per heavy atom. The first-order valence-electron chi connectivity index (χ1n) is 18.1. The van der Waals surface area contributed by atoms with E-state index >= 15 is 0 Å². The van der Waals surface area contributed by atoms with Crippen molar-refractivity contribution in [1.29, 1.82) is 0 Å². The van der Waals surface area contributed by atoms with Crippen LogP contribution in [0.1, 0.15) is 67.3 Å². The van der Waals surface area contributed by atoms with Gasteiger partial charge in [0.05, 0.1) is 5.69 Å². The molecule has 0 saturated heterocycles. The van der Waals surface area contributed by atoms with Gasteiger partial charge in [-0.2, -0.15) is 0 Å². The molecule has 3 heteroatoms. The summed E-state index contributed by atoms with van der Waals surface area (Å²) in [6.45, 7) is 8.81. The van der Waals surface area contributed by atoms with Crippen LogP contribution in [0.3, 0.4) is 0 Å². The van der Waals surface area contributed by atoms with Crippen LogP contribution >= 0.6 is 0 Å². The molecule has 0 aliphatic carbocycles. The molecule has 0 aromatic heterocycles. The average Bonchev–Trinajstić information content (AvgIpc) is 3.16. The lowest BCUT2D eigenvalue weighted by Gasteiger charge is -2.28. The van der Waals surface area contributed by atoms with Gasteiger partial charge in [0.2, 0.25) is 0 Å². The second-order valence-corrected chi connectivity index (χ2v) is 14.5. The normalized spacial score (nSPS) is 12.2. The lowest BCUT2D eigenvalue weighted by atomic mass is 9.89. The highest BCUT2D eigenvalue weighted by Gasteiger charge is 2.20. The third-order valence-electron chi connectivity index (χ3n) is 10.4. The van der Waals surface area contributed by atoms with Crippen LogP contribution in [0.5, 0.6) is 0 Å². The van der Waals surface area contributed by atoms with Crippen LogP contribution in [0.4, 0.5) is 25.8 Å². The smallest absolute Gasteiger partial charge is 0.123 e. The number of hydrogen-bond donors (Lipinski definition) is 0. The van der Waals surface area contributed by atoms with Gasteiger partial charge in [0.25, 0.3) is 0 Å². The van der Waals surface area contributed by atoms with E-state index in [-0.39, 0.29) is 11.6 Å². The van der Waals surface area contributed by atoms with Gasteiger partial charge in [0.15, 0.2) is 0 Å². The number of benzene rings is 8. The lowest BCUT2D eigenvalue weighted by molar-refractivity contribution is 0.627. The van der Waals surface area contributed by atoms with Crippen molar-refractivity contribution in [2.75, 3.05) is 4.90 Å². The highest BCUT2D eigenvalue weighted by molar-refractivity contribution is 6.27. The van der Waals surface area contributed by atoms with Crippen LogP contribution in [0, 0.1) is 11.6 Å². The van der Waals surface area contributed by atoms with Crippen LogP contribution in [-0.4, -0.2) is 0 Å². The Balaban J connectivity index is 1.31. The van der Waals surface area contributed by atoms with Gasteiger partial charge in [-0.1, -0.05) is 125 Å². The molecule has 52 heavy (non-hydrogen) atoms. The summed E-state index contributed by atoms with van der Waals surface area (Å²) < 4.78 is 28.3. The third kappa shape index (κ3) is 6.32. The summed E-state index contributed by atoms with van der Waals surface area (Å²) in [5.74, 6) is 0.378. The summed E-state index contributed by atoms with van der Waals surface area (Å²) in [4.78, 5) is 2.23. The van der Waals surface area contributed by atoms with E-state index in [4.69, 9.17) is 0 Å². The predicted molar refractivity (Wildman–Crippen MR) is 217 cm³/mol. The molecular weight excluding hydrogens is 641 g/mol. The van der Waals surface area contributed by atoms with Crippen molar-refractivity contribution in [1.82, 2.24) is 0 Å². The van der Waals surface area contributed by atoms with Gasteiger partial charge >= 0.3 is 0 Å². The summed E-state index contributed by atoms with van der Waals surface area (Å²) in [6.07, 6.45) is 3.00. The highest BCUT2D eigenvalue weighted by Crippen LogP contribution is 2.45. The predicted octanol–water partition coefficient (Wildman–Crippen LogP) is 14.4. The molecule has 0 bridgehead atoms. The van der Waals surface area contributed by atoms with E-state index in [1.54, 1.807) is 12.1 Å². The molecule has 0 aliphatic rings. The molecule has 8 rings (SSSR count). The Hall–Kier alpha value is -5.80. The Morgan fingerprint density at radius 1 is 0.519 bits per heavy atom. The van der Waals surface area contributed by atoms with Gasteiger partial charge in [-0.3, -0.25) is 0 Å². The molecule has 0 atom stereocenters. The average molecular weight is 682 g/mol. The molecule has 0 N–H and O–H groups in total. The number of nitrogens with zero attached hydrogens (tertiary/aromatic N) is 1. The standard InChI is InChI=1S/C49H41F2N/c1-31(2)34-7-5-33(6-8-34)29-40(36-11-18-41(50)19-12-36)30-39-10-9-37-16-27-46-47(28-17-38-15-26-45(39)48(37)49(38)46)52(44-24-20-42(51)21-25-44)43-22-13-35(14-23-43)32(3)4/h5-28,30-32H,29H2,1-4H3/b40-30-. The van der Waals surface area contributed by atoms with Crippen LogP contribution in [0.15, 0.2) is 146 Å². The van der Waals surface area contributed by atoms with Crippen molar-refractivity contribution in [3.63, 3.8) is 0 Å². The van der Waals surface area contributed by atoms with Gasteiger partial charge < -0.3 is 4.90 Å². The van der Waals surface area contributed by atoms with Crippen molar-refractivity contribution in [2.45, 2.75) is 46.0 Å². The summed E-state index contributed by atoms with van der Waals surface area (Å²) in [5, 5.41) is 7.02. The first kappa shape index (κ1) is 33.3. The van der Waals surface area contributed by atoms with E-state index in [0.717, 1.165) is 56.3 Å². The Morgan fingerprint density at radius 3 is 1.60 bits per heavy atom. The van der Waals surface area contributed by atoms with E-state index in [2.05, 4.69) is 136 Å². The maximum absolute atomic E-state index is 14.2. The molecular formula is C49H41F2N. The van der Waals surface area contributed by atoms with Gasteiger partial charge in [-0.05, 0) is 133 Å². The van der Waals surface area contributed by atoms with Crippen LogP contribution in [0.25, 0.3) is 44.0 Å². The first-order valence-corrected chi connectivity index (χ1v) is 18.1. The zero-order valence-corrected chi connectivity index (χ0v) is 30.0. The minimum absolute atomic E-state index is 0.242. The maximum atomic E-state index is 14.2. The minimum Gasteiger partial charge on any atom is -0.310 e. The summed E-state index contributed by atoms with van der Waals surface area (Å²) in [5.41, 5.74) is 9.97. The van der Waals surface area contributed by atoms with E-state index in [1.165, 1.54) is 45.0 Å². The fourth-order valence-electron chi connectivity index (χ4n) is 7.48. The summed E-state index contributed by atoms with van der Waals surface area (Å²) in [6, 6.07) is 48.8. The largest absolute Gasteiger partial charge is 0.310 e. The molecule has 256 valence electrons. The fourth-order valence-corrected chi connectivity index (χ4v) is 7.48. The van der Waals surface area contributed by atoms with Crippen molar-refractivity contribution in [3.8, 4) is 0 Å².